The second-order valence-electron chi connectivity index (χ2n) is 6.79. The molecule has 1 aliphatic rings. The maximum Gasteiger partial charge on any atom is 0.132 e. The molecule has 1 saturated heterocycles. The van der Waals surface area contributed by atoms with Crippen molar-refractivity contribution in [2.45, 2.75) is 20.0 Å². The second kappa shape index (κ2) is 9.61. The van der Waals surface area contributed by atoms with Crippen LogP contribution in [0.4, 0.5) is 5.82 Å². The number of morpholine rings is 1. The van der Waals surface area contributed by atoms with Crippen LogP contribution in [0.15, 0.2) is 35.6 Å². The molecule has 1 aromatic carbocycles. The van der Waals surface area contributed by atoms with Gasteiger partial charge in [0.15, 0.2) is 0 Å². The third-order valence-corrected chi connectivity index (χ3v) is 4.66. The van der Waals surface area contributed by atoms with Crippen molar-refractivity contribution in [3.05, 3.63) is 47.4 Å². The van der Waals surface area contributed by atoms with Crippen molar-refractivity contribution in [3.8, 4) is 5.75 Å². The minimum atomic E-state index is -0.0328. The van der Waals surface area contributed by atoms with E-state index in [0.29, 0.717) is 19.8 Å². The van der Waals surface area contributed by atoms with Gasteiger partial charge >= 0.3 is 0 Å². The Hall–Kier alpha value is -2.51. The summed E-state index contributed by atoms with van der Waals surface area (Å²) in [5.41, 5.74) is 3.72. The fourth-order valence-corrected chi connectivity index (χ4v) is 3.25. The van der Waals surface area contributed by atoms with Crippen molar-refractivity contribution >= 4 is 11.5 Å². The highest BCUT2D eigenvalue weighted by molar-refractivity contribution is 6.13. The van der Waals surface area contributed by atoms with E-state index in [1.54, 1.807) is 20.5 Å². The van der Waals surface area contributed by atoms with Crippen LogP contribution in [0.25, 0.3) is 0 Å². The van der Waals surface area contributed by atoms with E-state index in [9.17, 15) is 0 Å². The highest BCUT2D eigenvalue weighted by Gasteiger charge is 2.17. The van der Waals surface area contributed by atoms with Gasteiger partial charge in [0.1, 0.15) is 24.0 Å². The summed E-state index contributed by atoms with van der Waals surface area (Å²) >= 11 is 0. The van der Waals surface area contributed by atoms with Crippen molar-refractivity contribution in [1.82, 2.24) is 9.97 Å². The van der Waals surface area contributed by atoms with E-state index >= 15 is 0 Å². The van der Waals surface area contributed by atoms with E-state index in [4.69, 9.17) is 14.2 Å². The number of rotatable bonds is 7. The van der Waals surface area contributed by atoms with Crippen LogP contribution in [0.2, 0.25) is 0 Å². The first-order valence-corrected chi connectivity index (χ1v) is 9.51. The molecule has 7 nitrogen and oxygen atoms in total. The lowest BCUT2D eigenvalue weighted by molar-refractivity contribution is 0.0921. The van der Waals surface area contributed by atoms with Gasteiger partial charge < -0.3 is 19.1 Å². The van der Waals surface area contributed by atoms with Crippen molar-refractivity contribution in [2.24, 2.45) is 4.99 Å². The average Bonchev–Trinajstić information content (AvgIpc) is 2.72. The van der Waals surface area contributed by atoms with E-state index < -0.39 is 0 Å². The topological polar surface area (TPSA) is 69.1 Å². The van der Waals surface area contributed by atoms with Crippen LogP contribution >= 0.6 is 0 Å². The van der Waals surface area contributed by atoms with Crippen molar-refractivity contribution < 1.29 is 14.2 Å². The molecule has 3 rings (SSSR count). The van der Waals surface area contributed by atoms with E-state index in [-0.39, 0.29) is 6.10 Å². The zero-order chi connectivity index (χ0) is 19.9. The quantitative estimate of drug-likeness (QED) is 0.683. The van der Waals surface area contributed by atoms with Gasteiger partial charge in [-0.05, 0) is 31.5 Å². The molecule has 1 aromatic heterocycles. The molecule has 0 amide bonds. The number of anilines is 1. The number of aryl methyl sites for hydroxylation is 1. The van der Waals surface area contributed by atoms with Gasteiger partial charge in [0.25, 0.3) is 0 Å². The Kier molecular flexibility index (Phi) is 6.95. The number of methoxy groups -OCH3 is 1. The molecule has 0 spiro atoms. The molecule has 2 aromatic rings. The van der Waals surface area contributed by atoms with Gasteiger partial charge in [0, 0.05) is 38.9 Å². The number of nitrogens with zero attached hydrogens (tertiary/aromatic N) is 4. The summed E-state index contributed by atoms with van der Waals surface area (Å²) in [5, 5.41) is 0. The molecule has 0 aliphatic carbocycles. The second-order valence-corrected chi connectivity index (χ2v) is 6.79. The average molecular weight is 384 g/mol. The number of hydrogen-bond acceptors (Lipinski definition) is 7. The monoisotopic (exact) mass is 384 g/mol. The predicted molar refractivity (Wildman–Crippen MR) is 110 cm³/mol. The number of aliphatic imine (C=N–C) groups is 1. The first-order valence-electron chi connectivity index (χ1n) is 9.51. The maximum absolute atomic E-state index is 5.96. The molecule has 1 aliphatic heterocycles. The van der Waals surface area contributed by atoms with Crippen molar-refractivity contribution in [3.63, 3.8) is 0 Å². The lowest BCUT2D eigenvalue weighted by Gasteiger charge is -2.27. The summed E-state index contributed by atoms with van der Waals surface area (Å²) in [5.74, 6) is 1.68. The summed E-state index contributed by atoms with van der Waals surface area (Å²) in [6.45, 7) is 7.67. The van der Waals surface area contributed by atoms with Gasteiger partial charge in [-0.2, -0.15) is 0 Å². The summed E-state index contributed by atoms with van der Waals surface area (Å²) in [6.07, 6.45) is 1.57. The van der Waals surface area contributed by atoms with Gasteiger partial charge in [-0.1, -0.05) is 6.07 Å². The van der Waals surface area contributed by atoms with Crippen LogP contribution in [0, 0.1) is 6.92 Å². The molecule has 150 valence electrons. The van der Waals surface area contributed by atoms with Crippen LogP contribution in [0.1, 0.15) is 23.7 Å². The molecule has 2 heterocycles. The van der Waals surface area contributed by atoms with Crippen LogP contribution in [0.3, 0.4) is 0 Å². The minimum Gasteiger partial charge on any atom is -0.488 e. The first-order chi connectivity index (χ1) is 13.6. The van der Waals surface area contributed by atoms with Crippen LogP contribution in [-0.4, -0.2) is 68.9 Å². The molecule has 7 heteroatoms. The van der Waals surface area contributed by atoms with Crippen LogP contribution < -0.4 is 9.64 Å². The summed E-state index contributed by atoms with van der Waals surface area (Å²) in [7, 11) is 3.45. The fraction of sp³-hybridized carbons (Fsp3) is 0.476. The molecule has 0 saturated carbocycles. The van der Waals surface area contributed by atoms with E-state index in [2.05, 4.69) is 26.8 Å². The summed E-state index contributed by atoms with van der Waals surface area (Å²) in [6, 6.07) is 8.02. The normalized spacial score (nSPS) is 16.1. The lowest BCUT2D eigenvalue weighted by Crippen LogP contribution is -2.36. The molecular weight excluding hydrogens is 356 g/mol. The Morgan fingerprint density at radius 1 is 1.25 bits per heavy atom. The minimum absolute atomic E-state index is 0.0328. The maximum atomic E-state index is 5.96. The third kappa shape index (κ3) is 4.85. The summed E-state index contributed by atoms with van der Waals surface area (Å²) in [4.78, 5) is 15.7. The lowest BCUT2D eigenvalue weighted by atomic mass is 10.0. The van der Waals surface area contributed by atoms with Crippen molar-refractivity contribution in [2.75, 3.05) is 52.0 Å². The largest absolute Gasteiger partial charge is 0.488 e. The smallest absolute Gasteiger partial charge is 0.132 e. The predicted octanol–water partition coefficient (Wildman–Crippen LogP) is 2.50. The Bertz CT molecular complexity index is 819. The number of hydrogen-bond donors (Lipinski definition) is 0. The highest BCUT2D eigenvalue weighted by atomic mass is 16.5. The molecule has 28 heavy (non-hydrogen) atoms. The first kappa shape index (κ1) is 20.2. The van der Waals surface area contributed by atoms with Gasteiger partial charge in [0.2, 0.25) is 0 Å². The van der Waals surface area contributed by atoms with Crippen LogP contribution in [0.5, 0.6) is 5.75 Å². The Morgan fingerprint density at radius 2 is 2.04 bits per heavy atom. The van der Waals surface area contributed by atoms with Gasteiger partial charge in [-0.25, -0.2) is 9.97 Å². The standard InChI is InChI=1S/C21H28N4O3/c1-15-5-6-17(28-16(2)13-26-4)11-18(15)21(22-3)19-12-20(24-14-23-19)25-7-9-27-10-8-25/h5-6,11-12,14,16H,7-10,13H2,1-4H3/b22-21+/t16-/m0/s1. The van der Waals surface area contributed by atoms with E-state index in [1.807, 2.05) is 31.2 Å². The third-order valence-electron chi connectivity index (χ3n) is 4.66. The molecule has 0 unspecified atom stereocenters. The van der Waals surface area contributed by atoms with Crippen LogP contribution in [-0.2, 0) is 9.47 Å². The number of ether oxygens (including phenoxy) is 3. The zero-order valence-corrected chi connectivity index (χ0v) is 17.0. The molecule has 1 fully saturated rings. The Morgan fingerprint density at radius 3 is 2.75 bits per heavy atom. The molecule has 1 atom stereocenters. The van der Waals surface area contributed by atoms with E-state index in [1.165, 1.54) is 0 Å². The number of benzene rings is 1. The molecule has 0 bridgehead atoms. The Labute approximate surface area is 166 Å². The molecular formula is C21H28N4O3. The zero-order valence-electron chi connectivity index (χ0n) is 17.0. The fourth-order valence-electron chi connectivity index (χ4n) is 3.25. The highest BCUT2D eigenvalue weighted by Crippen LogP contribution is 2.23. The molecule has 0 N–H and O–H groups in total. The Balaban J connectivity index is 1.89. The number of aromatic nitrogens is 2. The van der Waals surface area contributed by atoms with Crippen molar-refractivity contribution in [1.29, 1.82) is 0 Å². The van der Waals surface area contributed by atoms with Gasteiger partial charge in [-0.15, -0.1) is 0 Å². The molecule has 0 radical (unpaired) electrons. The van der Waals surface area contributed by atoms with Gasteiger partial charge in [0.05, 0.1) is 31.2 Å². The summed E-state index contributed by atoms with van der Waals surface area (Å²) < 4.78 is 16.6. The van der Waals surface area contributed by atoms with Gasteiger partial charge in [-0.3, -0.25) is 4.99 Å². The SMILES string of the molecule is C/N=C(/c1cc(N2CCOCC2)ncn1)c1cc(O[C@@H](C)COC)ccc1C. The van der Waals surface area contributed by atoms with E-state index in [0.717, 1.165) is 47.2 Å².